The van der Waals surface area contributed by atoms with Crippen molar-refractivity contribution in [3.63, 3.8) is 0 Å². The molecule has 1 aromatic carbocycles. The summed E-state index contributed by atoms with van der Waals surface area (Å²) >= 11 is 0. The van der Waals surface area contributed by atoms with E-state index in [9.17, 15) is 4.79 Å². The molecule has 1 atom stereocenters. The van der Waals surface area contributed by atoms with Crippen LogP contribution in [0.3, 0.4) is 0 Å². The number of nitrogens with one attached hydrogen (secondary N) is 1. The molecule has 19 heavy (non-hydrogen) atoms. The predicted molar refractivity (Wildman–Crippen MR) is 76.6 cm³/mol. The van der Waals surface area contributed by atoms with Gasteiger partial charge in [-0.25, -0.2) is 0 Å². The lowest BCUT2D eigenvalue weighted by Crippen LogP contribution is -2.39. The van der Waals surface area contributed by atoms with Crippen LogP contribution < -0.4 is 5.32 Å². The van der Waals surface area contributed by atoms with E-state index in [0.717, 1.165) is 39.0 Å². The van der Waals surface area contributed by atoms with Crippen LogP contribution in [0.15, 0.2) is 36.4 Å². The molecule has 2 aliphatic heterocycles. The summed E-state index contributed by atoms with van der Waals surface area (Å²) in [6, 6.07) is 10.5. The largest absolute Gasteiger partial charge is 0.338 e. The Morgan fingerprint density at radius 3 is 2.74 bits per heavy atom. The minimum atomic E-state index is 0.201. The topological polar surface area (TPSA) is 32.3 Å². The van der Waals surface area contributed by atoms with Crippen molar-refractivity contribution < 1.29 is 4.79 Å². The summed E-state index contributed by atoms with van der Waals surface area (Å²) in [7, 11) is 0. The highest BCUT2D eigenvalue weighted by Crippen LogP contribution is 2.23. The molecule has 2 heterocycles. The Balaban J connectivity index is 1.65. The second-order valence-corrected chi connectivity index (χ2v) is 5.32. The van der Waals surface area contributed by atoms with Crippen molar-refractivity contribution in [3.8, 4) is 0 Å². The molecule has 1 unspecified atom stereocenters. The van der Waals surface area contributed by atoms with Gasteiger partial charge in [-0.3, -0.25) is 4.79 Å². The lowest BCUT2D eigenvalue weighted by Gasteiger charge is -2.28. The highest BCUT2D eigenvalue weighted by molar-refractivity contribution is 5.81. The van der Waals surface area contributed by atoms with E-state index in [4.69, 9.17) is 0 Å². The summed E-state index contributed by atoms with van der Waals surface area (Å²) in [5, 5.41) is 3.26. The molecule has 1 aromatic rings. The molecule has 0 aliphatic carbocycles. The van der Waals surface area contributed by atoms with E-state index in [1.54, 1.807) is 0 Å². The Hall–Kier alpha value is -1.61. The van der Waals surface area contributed by atoms with E-state index >= 15 is 0 Å². The zero-order valence-corrected chi connectivity index (χ0v) is 11.1. The SMILES string of the molecule is O=C(C1CCNC1)N1CC=C(c2ccccc2)CC1. The minimum absolute atomic E-state index is 0.201. The zero-order chi connectivity index (χ0) is 13.1. The summed E-state index contributed by atoms with van der Waals surface area (Å²) in [6.45, 7) is 3.45. The van der Waals surface area contributed by atoms with Crippen molar-refractivity contribution in [2.24, 2.45) is 5.92 Å². The molecule has 0 saturated carbocycles. The Morgan fingerprint density at radius 1 is 1.26 bits per heavy atom. The number of carbonyl (C=O) groups is 1. The van der Waals surface area contributed by atoms with Crippen LogP contribution in [0.2, 0.25) is 0 Å². The van der Waals surface area contributed by atoms with Crippen LogP contribution in [-0.4, -0.2) is 37.0 Å². The molecule has 2 aliphatic rings. The second kappa shape index (κ2) is 5.57. The average molecular weight is 256 g/mol. The van der Waals surface area contributed by atoms with Crippen LogP contribution in [0, 0.1) is 5.92 Å². The summed E-state index contributed by atoms with van der Waals surface area (Å²) in [5.74, 6) is 0.528. The van der Waals surface area contributed by atoms with Gasteiger partial charge in [0.15, 0.2) is 0 Å². The first-order valence-corrected chi connectivity index (χ1v) is 7.08. The van der Waals surface area contributed by atoms with Gasteiger partial charge in [-0.2, -0.15) is 0 Å². The van der Waals surface area contributed by atoms with Crippen molar-refractivity contribution in [1.82, 2.24) is 10.2 Å². The van der Waals surface area contributed by atoms with Crippen molar-refractivity contribution in [1.29, 1.82) is 0 Å². The molecule has 0 aromatic heterocycles. The van der Waals surface area contributed by atoms with Gasteiger partial charge in [-0.15, -0.1) is 0 Å². The number of hydrogen-bond donors (Lipinski definition) is 1. The fourth-order valence-corrected chi connectivity index (χ4v) is 2.91. The van der Waals surface area contributed by atoms with E-state index in [0.29, 0.717) is 5.91 Å². The van der Waals surface area contributed by atoms with Gasteiger partial charge in [0.05, 0.1) is 5.92 Å². The molecule has 0 spiro atoms. The van der Waals surface area contributed by atoms with Gasteiger partial charge < -0.3 is 10.2 Å². The molecule has 3 nitrogen and oxygen atoms in total. The monoisotopic (exact) mass is 256 g/mol. The van der Waals surface area contributed by atoms with Crippen molar-refractivity contribution >= 4 is 11.5 Å². The van der Waals surface area contributed by atoms with Crippen molar-refractivity contribution in [3.05, 3.63) is 42.0 Å². The van der Waals surface area contributed by atoms with Crippen molar-refractivity contribution in [2.45, 2.75) is 12.8 Å². The molecule has 1 saturated heterocycles. The quantitative estimate of drug-likeness (QED) is 0.876. The second-order valence-electron chi connectivity index (χ2n) is 5.32. The van der Waals surface area contributed by atoms with E-state index in [1.807, 2.05) is 11.0 Å². The fraction of sp³-hybridized carbons (Fsp3) is 0.438. The molecule has 3 rings (SSSR count). The Morgan fingerprint density at radius 2 is 2.11 bits per heavy atom. The van der Waals surface area contributed by atoms with Crippen LogP contribution in [0.5, 0.6) is 0 Å². The number of nitrogens with zero attached hydrogens (tertiary/aromatic N) is 1. The van der Waals surface area contributed by atoms with Crippen LogP contribution >= 0.6 is 0 Å². The zero-order valence-electron chi connectivity index (χ0n) is 11.1. The number of hydrogen-bond acceptors (Lipinski definition) is 2. The maximum Gasteiger partial charge on any atom is 0.227 e. The lowest BCUT2D eigenvalue weighted by molar-refractivity contribution is -0.134. The van der Waals surface area contributed by atoms with Gasteiger partial charge in [0.2, 0.25) is 5.91 Å². The molecule has 0 radical (unpaired) electrons. The summed E-state index contributed by atoms with van der Waals surface area (Å²) in [4.78, 5) is 14.3. The number of carbonyl (C=O) groups excluding carboxylic acids is 1. The van der Waals surface area contributed by atoms with E-state index in [2.05, 4.69) is 35.7 Å². The summed E-state index contributed by atoms with van der Waals surface area (Å²) in [6.07, 6.45) is 4.17. The third kappa shape index (κ3) is 2.71. The minimum Gasteiger partial charge on any atom is -0.338 e. The Kier molecular flexibility index (Phi) is 3.65. The highest BCUT2D eigenvalue weighted by Gasteiger charge is 2.27. The summed E-state index contributed by atoms with van der Waals surface area (Å²) in [5.41, 5.74) is 2.66. The van der Waals surface area contributed by atoms with Gasteiger partial charge in [-0.1, -0.05) is 36.4 Å². The predicted octanol–water partition coefficient (Wildman–Crippen LogP) is 1.91. The third-order valence-electron chi connectivity index (χ3n) is 4.07. The smallest absolute Gasteiger partial charge is 0.227 e. The van der Waals surface area contributed by atoms with Crippen molar-refractivity contribution in [2.75, 3.05) is 26.2 Å². The number of amides is 1. The molecular formula is C16H20N2O. The maximum absolute atomic E-state index is 12.3. The maximum atomic E-state index is 12.3. The number of rotatable bonds is 2. The van der Waals surface area contributed by atoms with Crippen LogP contribution in [0.4, 0.5) is 0 Å². The van der Waals surface area contributed by atoms with E-state index in [1.165, 1.54) is 11.1 Å². The first kappa shape index (κ1) is 12.4. The van der Waals surface area contributed by atoms with E-state index in [-0.39, 0.29) is 5.92 Å². The highest BCUT2D eigenvalue weighted by atomic mass is 16.2. The first-order valence-electron chi connectivity index (χ1n) is 7.08. The molecule has 0 bridgehead atoms. The van der Waals surface area contributed by atoms with Crippen LogP contribution in [0.1, 0.15) is 18.4 Å². The number of benzene rings is 1. The molecule has 1 fully saturated rings. The normalized spacial score (nSPS) is 23.3. The Bertz CT molecular complexity index is 475. The van der Waals surface area contributed by atoms with Gasteiger partial charge in [0.25, 0.3) is 0 Å². The fourth-order valence-electron chi connectivity index (χ4n) is 2.91. The van der Waals surface area contributed by atoms with Gasteiger partial charge in [0, 0.05) is 19.6 Å². The van der Waals surface area contributed by atoms with Gasteiger partial charge in [0.1, 0.15) is 0 Å². The van der Waals surface area contributed by atoms with E-state index < -0.39 is 0 Å². The molecule has 3 heteroatoms. The summed E-state index contributed by atoms with van der Waals surface area (Å²) < 4.78 is 0. The Labute approximate surface area is 114 Å². The third-order valence-corrected chi connectivity index (χ3v) is 4.07. The standard InChI is InChI=1S/C16H20N2O/c19-16(15-6-9-17-12-15)18-10-7-14(8-11-18)13-4-2-1-3-5-13/h1-5,7,15,17H,6,8-12H2. The van der Waals surface area contributed by atoms with Crippen LogP contribution in [-0.2, 0) is 4.79 Å². The van der Waals surface area contributed by atoms with Gasteiger partial charge >= 0.3 is 0 Å². The molecular weight excluding hydrogens is 236 g/mol. The average Bonchev–Trinajstić information content (AvgIpc) is 3.02. The van der Waals surface area contributed by atoms with Crippen LogP contribution in [0.25, 0.3) is 5.57 Å². The lowest BCUT2D eigenvalue weighted by atomic mass is 9.98. The van der Waals surface area contributed by atoms with Gasteiger partial charge in [-0.05, 0) is 30.5 Å². The molecule has 100 valence electrons. The first-order chi connectivity index (χ1) is 9.34. The molecule has 1 amide bonds. The molecule has 1 N–H and O–H groups in total.